The van der Waals surface area contributed by atoms with Gasteiger partial charge in [0.15, 0.2) is 0 Å². The fourth-order valence-electron chi connectivity index (χ4n) is 6.17. The molecule has 1 aliphatic heterocycles. The van der Waals surface area contributed by atoms with Crippen LogP contribution in [-0.2, 0) is 0 Å². The van der Waals surface area contributed by atoms with Crippen molar-refractivity contribution in [2.75, 3.05) is 19.6 Å². The van der Waals surface area contributed by atoms with Crippen LogP contribution in [-0.4, -0.2) is 24.5 Å². The van der Waals surface area contributed by atoms with Gasteiger partial charge >= 0.3 is 0 Å². The van der Waals surface area contributed by atoms with Crippen LogP contribution in [0.15, 0.2) is 11.6 Å². The quantitative estimate of drug-likeness (QED) is 0.684. The molecule has 2 heteroatoms. The average molecular weight is 296 g/mol. The molecule has 0 atom stereocenters. The van der Waals surface area contributed by atoms with Crippen molar-refractivity contribution in [1.29, 1.82) is 0 Å². The summed E-state index contributed by atoms with van der Waals surface area (Å²) < 4.78 is 0. The number of hydrogen-bond donors (Lipinski definition) is 0. The fraction of sp³-hybridized carbons (Fsp3) is 0.889. The van der Waals surface area contributed by atoms with E-state index in [1.54, 1.807) is 44.1 Å². The van der Waals surface area contributed by atoms with E-state index < -0.39 is 0 Å². The fourth-order valence-corrected chi connectivity index (χ4v) is 6.17. The molecule has 0 saturated heterocycles. The molecular weight excluding hydrogens is 266 g/mol. The van der Waals surface area contributed by atoms with Crippen LogP contribution < -0.4 is 0 Å². The average Bonchev–Trinajstić information content (AvgIpc) is 2.35. The summed E-state index contributed by atoms with van der Waals surface area (Å²) in [5, 5.41) is 0. The molecule has 0 N–H and O–H groups in total. The van der Waals surface area contributed by atoms with Gasteiger partial charge in [-0.25, -0.2) is 0 Å². The second-order valence-corrected chi connectivity index (χ2v) is 8.28. The molecule has 1 heterocycles. The zero-order chi connectivity index (χ0) is 12.9. The third-order valence-corrected chi connectivity index (χ3v) is 6.53. The van der Waals surface area contributed by atoms with Crippen LogP contribution in [0.5, 0.6) is 0 Å². The van der Waals surface area contributed by atoms with Crippen LogP contribution in [0.25, 0.3) is 0 Å². The Morgan fingerprint density at radius 1 is 1.10 bits per heavy atom. The first-order valence-corrected chi connectivity index (χ1v) is 8.59. The molecule has 0 aromatic heterocycles. The Bertz CT molecular complexity index is 352. The molecule has 4 saturated carbocycles. The molecule has 5 rings (SSSR count). The summed E-state index contributed by atoms with van der Waals surface area (Å²) in [6.07, 6.45) is 14.7. The van der Waals surface area contributed by atoms with Crippen molar-refractivity contribution >= 4 is 12.4 Å². The van der Waals surface area contributed by atoms with E-state index >= 15 is 0 Å². The number of halogens is 1. The van der Waals surface area contributed by atoms with Gasteiger partial charge in [0.25, 0.3) is 0 Å². The minimum absolute atomic E-state index is 0. The predicted octanol–water partition coefficient (Wildman–Crippen LogP) is 4.67. The van der Waals surface area contributed by atoms with Crippen LogP contribution in [0.1, 0.15) is 58.3 Å². The van der Waals surface area contributed by atoms with Gasteiger partial charge < -0.3 is 0 Å². The van der Waals surface area contributed by atoms with Gasteiger partial charge in [-0.2, -0.15) is 0 Å². The van der Waals surface area contributed by atoms with Crippen molar-refractivity contribution in [3.05, 3.63) is 11.6 Å². The first-order chi connectivity index (χ1) is 9.21. The number of hydrogen-bond acceptors (Lipinski definition) is 1. The van der Waals surface area contributed by atoms with Crippen LogP contribution in [0.3, 0.4) is 0 Å². The van der Waals surface area contributed by atoms with Crippen LogP contribution in [0, 0.1) is 23.2 Å². The highest BCUT2D eigenvalue weighted by Gasteiger charge is 2.50. The molecule has 114 valence electrons. The van der Waals surface area contributed by atoms with E-state index in [1.807, 2.05) is 0 Å². The minimum Gasteiger partial charge on any atom is -0.299 e. The lowest BCUT2D eigenvalue weighted by molar-refractivity contribution is -0.0608. The van der Waals surface area contributed by atoms with Gasteiger partial charge in [-0.05, 0) is 88.0 Å². The summed E-state index contributed by atoms with van der Waals surface area (Å²) >= 11 is 0. The molecule has 0 spiro atoms. The van der Waals surface area contributed by atoms with E-state index in [2.05, 4.69) is 17.9 Å². The molecule has 0 radical (unpaired) electrons. The highest BCUT2D eigenvalue weighted by atomic mass is 35.5. The molecule has 0 aromatic rings. The normalized spacial score (nSPS) is 43.2. The van der Waals surface area contributed by atoms with Crippen LogP contribution >= 0.6 is 12.4 Å². The summed E-state index contributed by atoms with van der Waals surface area (Å²) in [6, 6.07) is 0. The standard InChI is InChI=1S/C18H29N.ClH/c1-14-3-2-5-19(13-14)6-4-18-10-15-7-16(11-18)9-17(8-15)12-18;/h3,15-17H,2,4-13H2,1H3;1H. The summed E-state index contributed by atoms with van der Waals surface area (Å²) in [6.45, 7) is 6.23. The van der Waals surface area contributed by atoms with E-state index in [9.17, 15) is 0 Å². The van der Waals surface area contributed by atoms with Crippen molar-refractivity contribution in [3.63, 3.8) is 0 Å². The van der Waals surface area contributed by atoms with Crippen LogP contribution in [0.2, 0.25) is 0 Å². The number of rotatable bonds is 3. The van der Waals surface area contributed by atoms with Gasteiger partial charge in [-0.1, -0.05) is 11.6 Å². The maximum Gasteiger partial charge on any atom is 0.0190 e. The van der Waals surface area contributed by atoms with Crippen molar-refractivity contribution in [3.8, 4) is 0 Å². The molecule has 0 unspecified atom stereocenters. The van der Waals surface area contributed by atoms with E-state index in [1.165, 1.54) is 32.5 Å². The molecule has 0 amide bonds. The smallest absolute Gasteiger partial charge is 0.0190 e. The Hall–Kier alpha value is -0.0100. The Balaban J connectivity index is 0.00000121. The molecule has 4 aliphatic carbocycles. The van der Waals surface area contributed by atoms with Crippen LogP contribution in [0.4, 0.5) is 0 Å². The lowest BCUT2D eigenvalue weighted by Gasteiger charge is -2.57. The highest BCUT2D eigenvalue weighted by molar-refractivity contribution is 5.85. The first kappa shape index (κ1) is 14.9. The predicted molar refractivity (Wildman–Crippen MR) is 87.3 cm³/mol. The summed E-state index contributed by atoms with van der Waals surface area (Å²) in [5.41, 5.74) is 2.38. The minimum atomic E-state index is 0. The first-order valence-electron chi connectivity index (χ1n) is 8.59. The van der Waals surface area contributed by atoms with E-state index in [-0.39, 0.29) is 12.4 Å². The Morgan fingerprint density at radius 2 is 1.70 bits per heavy atom. The molecule has 4 fully saturated rings. The second kappa shape index (κ2) is 5.65. The summed E-state index contributed by atoms with van der Waals surface area (Å²) in [7, 11) is 0. The Labute approximate surface area is 130 Å². The lowest BCUT2D eigenvalue weighted by atomic mass is 9.49. The van der Waals surface area contributed by atoms with Crippen molar-refractivity contribution in [1.82, 2.24) is 4.90 Å². The molecule has 20 heavy (non-hydrogen) atoms. The topological polar surface area (TPSA) is 3.24 Å². The van der Waals surface area contributed by atoms with Gasteiger partial charge in [0, 0.05) is 13.1 Å². The largest absolute Gasteiger partial charge is 0.299 e. The summed E-state index contributed by atoms with van der Waals surface area (Å²) in [4.78, 5) is 2.72. The third-order valence-electron chi connectivity index (χ3n) is 6.53. The highest BCUT2D eigenvalue weighted by Crippen LogP contribution is 2.61. The molecular formula is C18H30ClN. The maximum atomic E-state index is 2.72. The van der Waals surface area contributed by atoms with E-state index in [0.29, 0.717) is 0 Å². The van der Waals surface area contributed by atoms with Crippen molar-refractivity contribution < 1.29 is 0 Å². The third kappa shape index (κ3) is 2.81. The zero-order valence-corrected chi connectivity index (χ0v) is 13.8. The molecule has 4 bridgehead atoms. The second-order valence-electron chi connectivity index (χ2n) is 8.28. The Kier molecular flexibility index (Phi) is 4.21. The Morgan fingerprint density at radius 3 is 2.25 bits per heavy atom. The SMILES string of the molecule is CC1=CCCN(CCC23CC4CC(CC(C4)C2)C3)C1.Cl. The van der Waals surface area contributed by atoms with Gasteiger partial charge in [-0.3, -0.25) is 4.90 Å². The summed E-state index contributed by atoms with van der Waals surface area (Å²) in [5.74, 6) is 3.36. The van der Waals surface area contributed by atoms with E-state index in [0.717, 1.165) is 23.2 Å². The van der Waals surface area contributed by atoms with Gasteiger partial charge in [0.1, 0.15) is 0 Å². The van der Waals surface area contributed by atoms with Crippen molar-refractivity contribution in [2.24, 2.45) is 23.2 Å². The zero-order valence-electron chi connectivity index (χ0n) is 12.9. The monoisotopic (exact) mass is 295 g/mol. The number of nitrogens with zero attached hydrogens (tertiary/aromatic N) is 1. The lowest BCUT2D eigenvalue weighted by Crippen LogP contribution is -2.47. The molecule has 1 nitrogen and oxygen atoms in total. The maximum absolute atomic E-state index is 2.72. The van der Waals surface area contributed by atoms with Gasteiger partial charge in [0.05, 0.1) is 0 Å². The van der Waals surface area contributed by atoms with E-state index in [4.69, 9.17) is 0 Å². The molecule has 0 aromatic carbocycles. The van der Waals surface area contributed by atoms with Gasteiger partial charge in [0.2, 0.25) is 0 Å². The molecule has 5 aliphatic rings. The van der Waals surface area contributed by atoms with Crippen molar-refractivity contribution in [2.45, 2.75) is 58.3 Å². The van der Waals surface area contributed by atoms with Gasteiger partial charge in [-0.15, -0.1) is 12.4 Å².